The molecule has 0 unspecified atom stereocenters. The van der Waals surface area contributed by atoms with Gasteiger partial charge in [0.1, 0.15) is 11.0 Å². The zero-order valence-corrected chi connectivity index (χ0v) is 11.8. The molecule has 20 heavy (non-hydrogen) atoms. The van der Waals surface area contributed by atoms with Gasteiger partial charge in [0.25, 0.3) is 0 Å². The van der Waals surface area contributed by atoms with Crippen molar-refractivity contribution in [1.29, 1.82) is 0 Å². The van der Waals surface area contributed by atoms with E-state index in [2.05, 4.69) is 10.4 Å². The van der Waals surface area contributed by atoms with E-state index in [4.69, 9.17) is 11.6 Å². The molecule has 1 amide bonds. The summed E-state index contributed by atoms with van der Waals surface area (Å²) in [6, 6.07) is 5.97. The van der Waals surface area contributed by atoms with Crippen LogP contribution in [-0.4, -0.2) is 15.7 Å². The van der Waals surface area contributed by atoms with Crippen molar-refractivity contribution in [1.82, 2.24) is 9.78 Å². The first-order chi connectivity index (χ1) is 9.49. The number of hydrogen-bond donors (Lipinski definition) is 1. The lowest BCUT2D eigenvalue weighted by Crippen LogP contribution is -2.09. The second kappa shape index (κ2) is 5.88. The van der Waals surface area contributed by atoms with Crippen molar-refractivity contribution in [2.75, 3.05) is 5.32 Å². The summed E-state index contributed by atoms with van der Waals surface area (Å²) in [4.78, 5) is 11.7. The van der Waals surface area contributed by atoms with E-state index in [9.17, 15) is 9.18 Å². The van der Waals surface area contributed by atoms with E-state index in [-0.39, 0.29) is 5.69 Å². The zero-order chi connectivity index (χ0) is 14.7. The first-order valence-corrected chi connectivity index (χ1v) is 6.29. The Labute approximate surface area is 120 Å². The van der Waals surface area contributed by atoms with Crippen LogP contribution in [0.5, 0.6) is 0 Å². The molecular weight excluding hydrogens is 281 g/mol. The molecular formula is C14H13ClFN3O. The molecule has 0 radical (unpaired) electrons. The average molecular weight is 294 g/mol. The van der Waals surface area contributed by atoms with Crippen LogP contribution < -0.4 is 5.32 Å². The van der Waals surface area contributed by atoms with Gasteiger partial charge in [-0.1, -0.05) is 23.7 Å². The van der Waals surface area contributed by atoms with E-state index in [0.29, 0.717) is 16.4 Å². The van der Waals surface area contributed by atoms with Gasteiger partial charge in [0.05, 0.1) is 11.4 Å². The molecule has 0 fully saturated rings. The molecule has 0 saturated carbocycles. The van der Waals surface area contributed by atoms with Crippen LogP contribution in [0.25, 0.3) is 6.08 Å². The van der Waals surface area contributed by atoms with Crippen LogP contribution in [0.2, 0.25) is 5.15 Å². The molecule has 6 heteroatoms. The second-order valence-corrected chi connectivity index (χ2v) is 4.57. The van der Waals surface area contributed by atoms with Crippen molar-refractivity contribution < 1.29 is 9.18 Å². The highest BCUT2D eigenvalue weighted by Crippen LogP contribution is 2.20. The predicted octanol–water partition coefficient (Wildman–Crippen LogP) is 3.17. The molecule has 0 saturated heterocycles. The van der Waals surface area contributed by atoms with E-state index < -0.39 is 11.7 Å². The Morgan fingerprint density at radius 1 is 1.45 bits per heavy atom. The third-order valence-electron chi connectivity index (χ3n) is 2.73. The normalized spacial score (nSPS) is 11.0. The predicted molar refractivity (Wildman–Crippen MR) is 77.0 cm³/mol. The third kappa shape index (κ3) is 3.05. The Kier molecular flexibility index (Phi) is 4.20. The van der Waals surface area contributed by atoms with E-state index in [1.165, 1.54) is 22.9 Å². The summed E-state index contributed by atoms with van der Waals surface area (Å²) in [6.07, 6.45) is 2.85. The van der Waals surface area contributed by atoms with Gasteiger partial charge < -0.3 is 5.32 Å². The summed E-state index contributed by atoms with van der Waals surface area (Å²) in [7, 11) is 1.71. The van der Waals surface area contributed by atoms with Crippen molar-refractivity contribution in [3.63, 3.8) is 0 Å². The second-order valence-electron chi connectivity index (χ2n) is 4.22. The van der Waals surface area contributed by atoms with E-state index in [0.717, 1.165) is 0 Å². The molecule has 0 aliphatic carbocycles. The largest absolute Gasteiger partial charge is 0.320 e. The Hall–Kier alpha value is -2.14. The Bertz CT molecular complexity index is 679. The van der Waals surface area contributed by atoms with Crippen molar-refractivity contribution in [3.05, 3.63) is 52.6 Å². The highest BCUT2D eigenvalue weighted by molar-refractivity contribution is 6.31. The molecule has 0 atom stereocenters. The quantitative estimate of drug-likeness (QED) is 0.884. The van der Waals surface area contributed by atoms with Gasteiger partial charge in [0.2, 0.25) is 5.91 Å². The fourth-order valence-electron chi connectivity index (χ4n) is 1.73. The van der Waals surface area contributed by atoms with Crippen molar-refractivity contribution in [3.8, 4) is 0 Å². The van der Waals surface area contributed by atoms with Gasteiger partial charge in [0.15, 0.2) is 0 Å². The number of halogens is 2. The van der Waals surface area contributed by atoms with Gasteiger partial charge in [-0.2, -0.15) is 5.10 Å². The summed E-state index contributed by atoms with van der Waals surface area (Å²) in [5, 5.41) is 7.03. The monoisotopic (exact) mass is 293 g/mol. The highest BCUT2D eigenvalue weighted by atomic mass is 35.5. The molecule has 1 aromatic carbocycles. The van der Waals surface area contributed by atoms with Gasteiger partial charge >= 0.3 is 0 Å². The standard InChI is InChI=1S/C14H13ClFN3O/c1-9-10(14(15)19(2)18-9)7-8-13(20)17-12-6-4-3-5-11(12)16/h3-8H,1-2H3,(H,17,20)/b8-7+. The van der Waals surface area contributed by atoms with Crippen molar-refractivity contribution >= 4 is 29.3 Å². The molecule has 104 valence electrons. The lowest BCUT2D eigenvalue weighted by Gasteiger charge is -2.02. The summed E-state index contributed by atoms with van der Waals surface area (Å²) < 4.78 is 14.9. The number of nitrogens with one attached hydrogen (secondary N) is 1. The van der Waals surface area contributed by atoms with Gasteiger partial charge in [-0.15, -0.1) is 0 Å². The number of amides is 1. The first kappa shape index (κ1) is 14.3. The molecule has 1 N–H and O–H groups in total. The van der Waals surface area contributed by atoms with Crippen LogP contribution in [0.3, 0.4) is 0 Å². The number of hydrogen-bond acceptors (Lipinski definition) is 2. The molecule has 2 rings (SSSR count). The number of nitrogens with zero attached hydrogens (tertiary/aromatic N) is 2. The molecule has 0 aliphatic heterocycles. The lowest BCUT2D eigenvalue weighted by molar-refractivity contribution is -0.111. The smallest absolute Gasteiger partial charge is 0.248 e. The minimum absolute atomic E-state index is 0.135. The molecule has 1 heterocycles. The minimum atomic E-state index is -0.482. The third-order valence-corrected chi connectivity index (χ3v) is 3.18. The maximum Gasteiger partial charge on any atom is 0.248 e. The van der Waals surface area contributed by atoms with Gasteiger partial charge in [0, 0.05) is 18.7 Å². The fourth-order valence-corrected chi connectivity index (χ4v) is 1.97. The maximum absolute atomic E-state index is 13.4. The number of para-hydroxylation sites is 1. The fraction of sp³-hybridized carbons (Fsp3) is 0.143. The van der Waals surface area contributed by atoms with Gasteiger partial charge in [-0.3, -0.25) is 9.48 Å². The van der Waals surface area contributed by atoms with E-state index >= 15 is 0 Å². The molecule has 2 aromatic rings. The van der Waals surface area contributed by atoms with Gasteiger partial charge in [-0.25, -0.2) is 4.39 Å². The van der Waals surface area contributed by atoms with Crippen molar-refractivity contribution in [2.45, 2.75) is 6.92 Å². The molecule has 4 nitrogen and oxygen atoms in total. The van der Waals surface area contributed by atoms with E-state index in [1.54, 1.807) is 32.2 Å². The average Bonchev–Trinajstić information content (AvgIpc) is 2.64. The zero-order valence-electron chi connectivity index (χ0n) is 11.0. The van der Waals surface area contributed by atoms with Gasteiger partial charge in [-0.05, 0) is 25.1 Å². The van der Waals surface area contributed by atoms with Crippen LogP contribution in [0.4, 0.5) is 10.1 Å². The number of carbonyl (C=O) groups excluding carboxylic acids is 1. The molecule has 0 aliphatic rings. The van der Waals surface area contributed by atoms with Crippen LogP contribution >= 0.6 is 11.6 Å². The molecule has 1 aromatic heterocycles. The topological polar surface area (TPSA) is 46.9 Å². The summed E-state index contributed by atoms with van der Waals surface area (Å²) in [5.74, 6) is -0.917. The Balaban J connectivity index is 2.12. The Morgan fingerprint density at radius 2 is 2.15 bits per heavy atom. The summed E-state index contributed by atoms with van der Waals surface area (Å²) in [6.45, 7) is 1.79. The summed E-state index contributed by atoms with van der Waals surface area (Å²) >= 11 is 6.04. The SMILES string of the molecule is Cc1nn(C)c(Cl)c1/C=C/C(=O)Nc1ccccc1F. The van der Waals surface area contributed by atoms with Crippen LogP contribution in [0.1, 0.15) is 11.3 Å². The Morgan fingerprint density at radius 3 is 2.75 bits per heavy atom. The number of benzene rings is 1. The number of rotatable bonds is 3. The number of aryl methyl sites for hydroxylation is 2. The van der Waals surface area contributed by atoms with Crippen molar-refractivity contribution in [2.24, 2.45) is 7.05 Å². The molecule has 0 spiro atoms. The van der Waals surface area contributed by atoms with Crippen LogP contribution in [-0.2, 0) is 11.8 Å². The first-order valence-electron chi connectivity index (χ1n) is 5.91. The van der Waals surface area contributed by atoms with E-state index in [1.807, 2.05) is 0 Å². The minimum Gasteiger partial charge on any atom is -0.320 e. The lowest BCUT2D eigenvalue weighted by atomic mass is 10.2. The maximum atomic E-state index is 13.4. The number of anilines is 1. The number of aromatic nitrogens is 2. The molecule has 0 bridgehead atoms. The van der Waals surface area contributed by atoms with Crippen LogP contribution in [0.15, 0.2) is 30.3 Å². The highest BCUT2D eigenvalue weighted by Gasteiger charge is 2.09. The summed E-state index contributed by atoms with van der Waals surface area (Å²) in [5.41, 5.74) is 1.52. The number of carbonyl (C=O) groups is 1. The van der Waals surface area contributed by atoms with Crippen LogP contribution in [0, 0.1) is 12.7 Å².